The van der Waals surface area contributed by atoms with Crippen LogP contribution in [0.2, 0.25) is 0 Å². The van der Waals surface area contributed by atoms with Crippen molar-refractivity contribution in [2.45, 2.75) is 64.1 Å². The first kappa shape index (κ1) is 11.3. The number of hydrogen-bond donors (Lipinski definition) is 0. The molecule has 2 saturated carbocycles. The first-order valence-corrected chi connectivity index (χ1v) is 8.39. The summed E-state index contributed by atoms with van der Waals surface area (Å²) >= 11 is 0. The SMILES string of the molecule is [2H]C1CC2CC(CCC)CCC2C([2H])([2H])C1c1ccc(C#N)cc1. The summed E-state index contributed by atoms with van der Waals surface area (Å²) < 4.78 is 26.3. The van der Waals surface area contributed by atoms with E-state index in [0.717, 1.165) is 37.2 Å². The van der Waals surface area contributed by atoms with Gasteiger partial charge in [-0.2, -0.15) is 5.26 Å². The second kappa shape index (κ2) is 6.65. The van der Waals surface area contributed by atoms with Crippen molar-refractivity contribution >= 4 is 0 Å². The fourth-order valence-electron chi connectivity index (χ4n) is 4.12. The monoisotopic (exact) mass is 284 g/mol. The van der Waals surface area contributed by atoms with Gasteiger partial charge in [0, 0.05) is 4.11 Å². The topological polar surface area (TPSA) is 23.8 Å². The average molecular weight is 284 g/mol. The fourth-order valence-corrected chi connectivity index (χ4v) is 4.12. The molecule has 1 nitrogen and oxygen atoms in total. The van der Waals surface area contributed by atoms with Crippen molar-refractivity contribution in [3.05, 3.63) is 35.4 Å². The molecule has 2 aliphatic carbocycles. The van der Waals surface area contributed by atoms with Gasteiger partial charge in [-0.25, -0.2) is 0 Å². The minimum Gasteiger partial charge on any atom is -0.192 e. The lowest BCUT2D eigenvalue weighted by Crippen LogP contribution is -2.30. The van der Waals surface area contributed by atoms with Gasteiger partial charge >= 0.3 is 0 Å². The zero-order valence-electron chi connectivity index (χ0n) is 15.9. The van der Waals surface area contributed by atoms with Crippen LogP contribution in [0.25, 0.3) is 0 Å². The molecule has 1 aromatic carbocycles. The van der Waals surface area contributed by atoms with Gasteiger partial charge in [-0.15, -0.1) is 0 Å². The third-order valence-electron chi connectivity index (χ3n) is 5.26. The van der Waals surface area contributed by atoms with Crippen molar-refractivity contribution in [2.75, 3.05) is 0 Å². The smallest absolute Gasteiger partial charge is 0.0991 e. The molecule has 0 aromatic heterocycles. The summed E-state index contributed by atoms with van der Waals surface area (Å²) in [6.45, 7) is 2.22. The maximum Gasteiger partial charge on any atom is 0.0991 e. The molecule has 112 valence electrons. The van der Waals surface area contributed by atoms with Crippen LogP contribution in [0.4, 0.5) is 0 Å². The molecule has 1 heteroatoms. The molecule has 5 atom stereocenters. The van der Waals surface area contributed by atoms with Crippen LogP contribution < -0.4 is 0 Å². The van der Waals surface area contributed by atoms with Crippen LogP contribution in [0, 0.1) is 29.1 Å². The number of nitrogens with zero attached hydrogens (tertiary/aromatic N) is 1. The second-order valence-electron chi connectivity index (χ2n) is 6.68. The normalized spacial score (nSPS) is 40.2. The van der Waals surface area contributed by atoms with Gasteiger partial charge in [-0.1, -0.05) is 38.3 Å². The number of fused-ring (bicyclic) bond motifs is 1. The Kier molecular flexibility index (Phi) is 3.58. The Morgan fingerprint density at radius 3 is 2.71 bits per heavy atom. The van der Waals surface area contributed by atoms with Gasteiger partial charge in [0.1, 0.15) is 0 Å². The van der Waals surface area contributed by atoms with Crippen LogP contribution in [-0.4, -0.2) is 0 Å². The molecule has 2 aliphatic rings. The predicted molar refractivity (Wildman–Crippen MR) is 87.0 cm³/mol. The largest absolute Gasteiger partial charge is 0.192 e. The first-order valence-electron chi connectivity index (χ1n) is 9.97. The van der Waals surface area contributed by atoms with Crippen molar-refractivity contribution in [1.82, 2.24) is 0 Å². The van der Waals surface area contributed by atoms with Gasteiger partial charge in [0.2, 0.25) is 0 Å². The first-order chi connectivity index (χ1) is 11.5. The van der Waals surface area contributed by atoms with Crippen molar-refractivity contribution in [1.29, 1.82) is 5.26 Å². The number of hydrogen-bond acceptors (Lipinski definition) is 1. The molecule has 0 radical (unpaired) electrons. The highest BCUT2D eigenvalue weighted by atomic mass is 14.4. The molecule has 1 aromatic rings. The maximum absolute atomic E-state index is 8.96. The number of nitriles is 1. The Hall–Kier alpha value is -1.29. The van der Waals surface area contributed by atoms with E-state index in [4.69, 9.17) is 9.37 Å². The van der Waals surface area contributed by atoms with Gasteiger partial charge in [0.05, 0.1) is 11.6 Å². The summed E-state index contributed by atoms with van der Waals surface area (Å²) in [5.74, 6) is 0.787. The van der Waals surface area contributed by atoms with E-state index in [0.29, 0.717) is 11.5 Å². The molecule has 0 amide bonds. The van der Waals surface area contributed by atoms with Crippen molar-refractivity contribution in [3.8, 4) is 6.07 Å². The van der Waals surface area contributed by atoms with E-state index in [1.165, 1.54) is 12.8 Å². The zero-order valence-corrected chi connectivity index (χ0v) is 12.9. The Bertz CT molecular complexity index is 604. The van der Waals surface area contributed by atoms with E-state index < -0.39 is 12.8 Å². The molecule has 0 N–H and O–H groups in total. The standard InChI is InChI=1S/C20H27N/c1-2-3-15-4-9-20-13-19(11-10-18(20)12-15)17-7-5-16(14-21)6-8-17/h5-8,15,18-20H,2-4,9-13H2,1H3/i11D,13D2. The van der Waals surface area contributed by atoms with Gasteiger partial charge < -0.3 is 0 Å². The van der Waals surface area contributed by atoms with Crippen LogP contribution in [0.5, 0.6) is 0 Å². The summed E-state index contributed by atoms with van der Waals surface area (Å²) in [6, 6.07) is 9.32. The lowest BCUT2D eigenvalue weighted by atomic mass is 9.63. The summed E-state index contributed by atoms with van der Waals surface area (Å²) in [5, 5.41) is 8.96. The molecule has 5 unspecified atom stereocenters. The third-order valence-corrected chi connectivity index (χ3v) is 5.26. The van der Waals surface area contributed by atoms with Gasteiger partial charge in [0.15, 0.2) is 0 Å². The minimum absolute atomic E-state index is 0.0767. The Morgan fingerprint density at radius 2 is 2.00 bits per heavy atom. The minimum atomic E-state index is -1.33. The van der Waals surface area contributed by atoms with E-state index in [9.17, 15) is 0 Å². The number of benzene rings is 1. The molecule has 0 spiro atoms. The Morgan fingerprint density at radius 1 is 1.19 bits per heavy atom. The maximum atomic E-state index is 8.96. The van der Waals surface area contributed by atoms with E-state index in [-0.39, 0.29) is 11.8 Å². The summed E-state index contributed by atoms with van der Waals surface area (Å²) in [5.41, 5.74) is 1.47. The van der Waals surface area contributed by atoms with Crippen molar-refractivity contribution < 1.29 is 4.11 Å². The molecule has 3 rings (SSSR count). The quantitative estimate of drug-likeness (QED) is 0.702. The van der Waals surface area contributed by atoms with Crippen LogP contribution in [0.3, 0.4) is 0 Å². The highest BCUT2D eigenvalue weighted by molar-refractivity contribution is 5.33. The molecule has 0 saturated heterocycles. The van der Waals surface area contributed by atoms with E-state index >= 15 is 0 Å². The van der Waals surface area contributed by atoms with Gasteiger partial charge in [0.25, 0.3) is 0 Å². The lowest BCUT2D eigenvalue weighted by molar-refractivity contribution is 0.114. The average Bonchev–Trinajstić information content (AvgIpc) is 2.55. The second-order valence-corrected chi connectivity index (χ2v) is 6.68. The number of rotatable bonds is 3. The summed E-state index contributed by atoms with van der Waals surface area (Å²) in [7, 11) is 0. The lowest BCUT2D eigenvalue weighted by Gasteiger charge is -2.42. The van der Waals surface area contributed by atoms with Crippen molar-refractivity contribution in [3.63, 3.8) is 0 Å². The van der Waals surface area contributed by atoms with Crippen molar-refractivity contribution in [2.24, 2.45) is 17.8 Å². The predicted octanol–water partition coefficient (Wildman–Crippen LogP) is 5.66. The van der Waals surface area contributed by atoms with Crippen LogP contribution in [-0.2, 0) is 0 Å². The molecule has 0 aliphatic heterocycles. The van der Waals surface area contributed by atoms with Crippen LogP contribution >= 0.6 is 0 Å². The highest BCUT2D eigenvalue weighted by Crippen LogP contribution is 2.48. The molecular weight excluding hydrogens is 254 g/mol. The van der Waals surface area contributed by atoms with Crippen LogP contribution in [0.15, 0.2) is 24.3 Å². The molecule has 21 heavy (non-hydrogen) atoms. The van der Waals surface area contributed by atoms with E-state index in [2.05, 4.69) is 13.0 Å². The summed E-state index contributed by atoms with van der Waals surface area (Å²) in [4.78, 5) is 0. The fraction of sp³-hybridized carbons (Fsp3) is 0.650. The highest BCUT2D eigenvalue weighted by Gasteiger charge is 2.35. The van der Waals surface area contributed by atoms with E-state index in [1.54, 1.807) is 12.1 Å². The zero-order chi connectivity index (χ0) is 17.3. The molecule has 0 bridgehead atoms. The summed E-state index contributed by atoms with van der Waals surface area (Å²) in [6.07, 6.45) is 4.73. The molecule has 2 fully saturated rings. The Labute approximate surface area is 133 Å². The van der Waals surface area contributed by atoms with Gasteiger partial charge in [-0.3, -0.25) is 0 Å². The Balaban J connectivity index is 1.84. The molecular formula is C20H27N. The van der Waals surface area contributed by atoms with Crippen LogP contribution in [0.1, 0.15) is 79.4 Å². The molecule has 0 heterocycles. The third kappa shape index (κ3) is 3.31. The van der Waals surface area contributed by atoms with Gasteiger partial charge in [-0.05, 0) is 73.4 Å². The van der Waals surface area contributed by atoms with E-state index in [1.807, 2.05) is 12.1 Å².